The average molecular weight is 286 g/mol. The van der Waals surface area contributed by atoms with Gasteiger partial charge in [0.25, 0.3) is 0 Å². The first kappa shape index (κ1) is 14.2. The molecule has 1 aliphatic heterocycles. The minimum absolute atomic E-state index is 0.108. The van der Waals surface area contributed by atoms with Gasteiger partial charge in [0.2, 0.25) is 0 Å². The monoisotopic (exact) mass is 286 g/mol. The number of anilines is 1. The zero-order chi connectivity index (χ0) is 13.3. The lowest BCUT2D eigenvalue weighted by Crippen LogP contribution is -2.43. The smallest absolute Gasteiger partial charge is 0.185 e. The Hall–Kier alpha value is -0.260. The third-order valence-electron chi connectivity index (χ3n) is 3.10. The topological polar surface area (TPSA) is 36.4 Å². The Labute approximate surface area is 118 Å². The third-order valence-corrected chi connectivity index (χ3v) is 5.52. The molecular weight excluding hydrogens is 264 g/mol. The summed E-state index contributed by atoms with van der Waals surface area (Å²) in [7, 11) is 0. The molecule has 0 bridgehead atoms. The van der Waals surface area contributed by atoms with Crippen LogP contribution >= 0.6 is 23.1 Å². The molecule has 0 atom stereocenters. The Morgan fingerprint density at radius 2 is 2.17 bits per heavy atom. The molecule has 1 aliphatic rings. The van der Waals surface area contributed by atoms with E-state index in [2.05, 4.69) is 32.6 Å². The number of thioether (sulfide) groups is 1. The van der Waals surface area contributed by atoms with Crippen LogP contribution in [0.1, 0.15) is 44.2 Å². The number of aliphatic hydroxyl groups is 1. The van der Waals surface area contributed by atoms with Crippen LogP contribution in [0, 0.1) is 0 Å². The minimum atomic E-state index is 0.108. The lowest BCUT2D eigenvalue weighted by atomic mass is 10.1. The molecule has 5 heteroatoms. The van der Waals surface area contributed by atoms with Crippen molar-refractivity contribution in [2.24, 2.45) is 0 Å². The molecule has 0 radical (unpaired) electrons. The summed E-state index contributed by atoms with van der Waals surface area (Å²) in [6.45, 7) is 11.0. The summed E-state index contributed by atoms with van der Waals surface area (Å²) in [6, 6.07) is 0. The highest BCUT2D eigenvalue weighted by molar-refractivity contribution is 8.00. The largest absolute Gasteiger partial charge is 0.391 e. The predicted octanol–water partition coefficient (Wildman–Crippen LogP) is 3.09. The van der Waals surface area contributed by atoms with Gasteiger partial charge >= 0.3 is 0 Å². The molecule has 0 saturated carbocycles. The van der Waals surface area contributed by atoms with E-state index >= 15 is 0 Å². The highest BCUT2D eigenvalue weighted by atomic mass is 32.2. The maximum atomic E-state index is 9.43. The number of hydrogen-bond acceptors (Lipinski definition) is 5. The van der Waals surface area contributed by atoms with E-state index in [0.29, 0.717) is 10.7 Å². The molecule has 0 aliphatic carbocycles. The molecule has 2 heterocycles. The van der Waals surface area contributed by atoms with Crippen LogP contribution in [0.3, 0.4) is 0 Å². The van der Waals surface area contributed by atoms with Gasteiger partial charge in [-0.25, -0.2) is 4.98 Å². The minimum Gasteiger partial charge on any atom is -0.391 e. The Morgan fingerprint density at radius 1 is 1.44 bits per heavy atom. The zero-order valence-corrected chi connectivity index (χ0v) is 13.2. The molecule has 0 unspecified atom stereocenters. The molecule has 1 aromatic rings. The molecule has 1 saturated heterocycles. The van der Waals surface area contributed by atoms with Crippen LogP contribution in [0.15, 0.2) is 0 Å². The van der Waals surface area contributed by atoms with E-state index < -0.39 is 0 Å². The van der Waals surface area contributed by atoms with Crippen molar-refractivity contribution in [1.29, 1.82) is 0 Å². The summed E-state index contributed by atoms with van der Waals surface area (Å²) in [5.41, 5.74) is 1.06. The Kier molecular flexibility index (Phi) is 4.24. The van der Waals surface area contributed by atoms with Crippen LogP contribution in [0.5, 0.6) is 0 Å². The summed E-state index contributed by atoms with van der Waals surface area (Å²) in [5.74, 6) is 1.53. The molecule has 102 valence electrons. The molecule has 1 N–H and O–H groups in total. The van der Waals surface area contributed by atoms with Gasteiger partial charge in [-0.15, -0.1) is 0 Å². The third kappa shape index (κ3) is 3.00. The van der Waals surface area contributed by atoms with E-state index in [1.165, 1.54) is 0 Å². The maximum absolute atomic E-state index is 9.43. The van der Waals surface area contributed by atoms with Crippen molar-refractivity contribution in [1.82, 2.24) is 4.98 Å². The van der Waals surface area contributed by atoms with Crippen molar-refractivity contribution >= 4 is 28.2 Å². The first-order valence-electron chi connectivity index (χ1n) is 6.42. The van der Waals surface area contributed by atoms with E-state index in [1.807, 2.05) is 11.8 Å². The predicted molar refractivity (Wildman–Crippen MR) is 80.9 cm³/mol. The molecule has 0 spiro atoms. The fraction of sp³-hybridized carbons (Fsp3) is 0.769. The van der Waals surface area contributed by atoms with Crippen molar-refractivity contribution < 1.29 is 5.11 Å². The van der Waals surface area contributed by atoms with Gasteiger partial charge in [0, 0.05) is 23.6 Å². The number of thiazole rings is 1. The van der Waals surface area contributed by atoms with Gasteiger partial charge in [0.05, 0.1) is 17.2 Å². The lowest BCUT2D eigenvalue weighted by Gasteiger charge is -2.37. The molecule has 0 amide bonds. The van der Waals surface area contributed by atoms with Crippen LogP contribution in [0.2, 0.25) is 0 Å². The van der Waals surface area contributed by atoms with E-state index in [9.17, 15) is 5.11 Å². The number of aliphatic hydroxyl groups excluding tert-OH is 1. The second kappa shape index (κ2) is 5.39. The molecule has 18 heavy (non-hydrogen) atoms. The van der Waals surface area contributed by atoms with Crippen molar-refractivity contribution in [3.8, 4) is 0 Å². The van der Waals surface area contributed by atoms with Gasteiger partial charge in [-0.1, -0.05) is 25.2 Å². The van der Waals surface area contributed by atoms with Gasteiger partial charge in [0.1, 0.15) is 0 Å². The summed E-state index contributed by atoms with van der Waals surface area (Å²) >= 11 is 3.68. The normalized spacial score (nSPS) is 19.6. The SMILES string of the molecule is CC(C)c1nc(N2CCSC(C)(C)C2)sc1CO. The summed E-state index contributed by atoms with van der Waals surface area (Å²) in [6.07, 6.45) is 0. The molecule has 0 aromatic carbocycles. The van der Waals surface area contributed by atoms with Crippen molar-refractivity contribution in [2.75, 3.05) is 23.7 Å². The zero-order valence-electron chi connectivity index (χ0n) is 11.6. The van der Waals surface area contributed by atoms with Crippen molar-refractivity contribution in [2.45, 2.75) is 45.0 Å². The van der Waals surface area contributed by atoms with E-state index in [0.717, 1.165) is 34.5 Å². The standard InChI is InChI=1S/C13H22N2OS2/c1-9(2)11-10(7-16)18-12(14-11)15-5-6-17-13(3,4)8-15/h9,16H,5-8H2,1-4H3. The van der Waals surface area contributed by atoms with Crippen LogP contribution in [0.4, 0.5) is 5.13 Å². The molecule has 2 rings (SSSR count). The van der Waals surface area contributed by atoms with Gasteiger partial charge in [0.15, 0.2) is 5.13 Å². The number of nitrogens with zero attached hydrogens (tertiary/aromatic N) is 2. The van der Waals surface area contributed by atoms with Crippen molar-refractivity contribution in [3.63, 3.8) is 0 Å². The highest BCUT2D eigenvalue weighted by Gasteiger charge is 2.29. The molecular formula is C13H22N2OS2. The van der Waals surface area contributed by atoms with Crippen molar-refractivity contribution in [3.05, 3.63) is 10.6 Å². The second-order valence-electron chi connectivity index (χ2n) is 5.65. The highest BCUT2D eigenvalue weighted by Crippen LogP contribution is 2.36. The summed E-state index contributed by atoms with van der Waals surface area (Å²) in [4.78, 5) is 8.14. The number of rotatable bonds is 3. The fourth-order valence-electron chi connectivity index (χ4n) is 2.23. The van der Waals surface area contributed by atoms with Crippen LogP contribution in [-0.2, 0) is 6.61 Å². The van der Waals surface area contributed by atoms with Gasteiger partial charge in [-0.05, 0) is 19.8 Å². The van der Waals surface area contributed by atoms with E-state index in [4.69, 9.17) is 4.98 Å². The fourth-order valence-corrected chi connectivity index (χ4v) is 4.44. The first-order valence-corrected chi connectivity index (χ1v) is 8.22. The van der Waals surface area contributed by atoms with Gasteiger partial charge in [-0.3, -0.25) is 0 Å². The number of hydrogen-bond donors (Lipinski definition) is 1. The van der Waals surface area contributed by atoms with E-state index in [1.54, 1.807) is 11.3 Å². The quantitative estimate of drug-likeness (QED) is 0.926. The molecule has 1 fully saturated rings. The van der Waals surface area contributed by atoms with Crippen LogP contribution in [0.25, 0.3) is 0 Å². The first-order chi connectivity index (χ1) is 8.43. The summed E-state index contributed by atoms with van der Waals surface area (Å²) < 4.78 is 0.293. The molecule has 3 nitrogen and oxygen atoms in total. The Morgan fingerprint density at radius 3 is 2.67 bits per heavy atom. The average Bonchev–Trinajstić information content (AvgIpc) is 2.71. The lowest BCUT2D eigenvalue weighted by molar-refractivity contribution is 0.283. The molecule has 1 aromatic heterocycles. The second-order valence-corrected chi connectivity index (χ2v) is 8.51. The van der Waals surface area contributed by atoms with Gasteiger partial charge < -0.3 is 10.0 Å². The maximum Gasteiger partial charge on any atom is 0.185 e. The van der Waals surface area contributed by atoms with Gasteiger partial charge in [-0.2, -0.15) is 11.8 Å². The van der Waals surface area contributed by atoms with Crippen LogP contribution < -0.4 is 4.90 Å². The Balaban J connectivity index is 2.23. The van der Waals surface area contributed by atoms with Crippen LogP contribution in [-0.4, -0.2) is 33.7 Å². The summed E-state index contributed by atoms with van der Waals surface area (Å²) in [5, 5.41) is 10.5. The number of aromatic nitrogens is 1. The van der Waals surface area contributed by atoms with E-state index in [-0.39, 0.29) is 6.61 Å². The Bertz CT molecular complexity index is 415.